The van der Waals surface area contributed by atoms with Gasteiger partial charge in [-0.1, -0.05) is 36.8 Å². The molecule has 0 amide bonds. The van der Waals surface area contributed by atoms with Crippen molar-refractivity contribution in [1.82, 2.24) is 0 Å². The van der Waals surface area contributed by atoms with Crippen LogP contribution < -0.4 is 11.5 Å². The second-order valence-electron chi connectivity index (χ2n) is 3.30. The number of hydrogen-bond donors (Lipinski definition) is 2. The predicted octanol–water partition coefficient (Wildman–Crippen LogP) is 2.24. The van der Waals surface area contributed by atoms with Gasteiger partial charge in [0.1, 0.15) is 0 Å². The lowest BCUT2D eigenvalue weighted by Gasteiger charge is -2.10. The van der Waals surface area contributed by atoms with Crippen LogP contribution in [0.4, 0.5) is 0 Å². The summed E-state index contributed by atoms with van der Waals surface area (Å²) in [6.45, 7) is 0.765. The molecule has 1 rings (SSSR count). The first-order valence-corrected chi connectivity index (χ1v) is 4.85. The van der Waals surface area contributed by atoms with Crippen LogP contribution in [0.3, 0.4) is 0 Å². The molecule has 4 N–H and O–H groups in total. The third-order valence-electron chi connectivity index (χ3n) is 2.20. The van der Waals surface area contributed by atoms with Gasteiger partial charge in [0.15, 0.2) is 0 Å². The molecule has 1 aromatic carbocycles. The molecule has 0 unspecified atom stereocenters. The van der Waals surface area contributed by atoms with Crippen molar-refractivity contribution in [1.29, 1.82) is 0 Å². The average Bonchev–Trinajstić information content (AvgIpc) is 2.19. The molecule has 0 aliphatic rings. The van der Waals surface area contributed by atoms with Crippen LogP contribution in [0.2, 0.25) is 0 Å². The highest BCUT2D eigenvalue weighted by atomic mass is 35.5. The molecule has 1 atom stereocenters. The smallest absolute Gasteiger partial charge is 0.0294 e. The van der Waals surface area contributed by atoms with E-state index < -0.39 is 0 Å². The number of halogens is 1. The van der Waals surface area contributed by atoms with Crippen LogP contribution in [-0.2, 0) is 0 Å². The van der Waals surface area contributed by atoms with E-state index >= 15 is 0 Å². The van der Waals surface area contributed by atoms with Crippen LogP contribution >= 0.6 is 12.4 Å². The van der Waals surface area contributed by atoms with E-state index in [4.69, 9.17) is 11.5 Å². The molecule has 0 radical (unpaired) electrons. The summed E-state index contributed by atoms with van der Waals surface area (Å²) in [6, 6.07) is 10.4. The summed E-state index contributed by atoms with van der Waals surface area (Å²) in [7, 11) is 0. The first-order chi connectivity index (χ1) is 6.34. The average molecular weight is 215 g/mol. The number of unbranched alkanes of at least 4 members (excludes halogenated alkanes) is 1. The molecule has 0 aromatic heterocycles. The number of rotatable bonds is 5. The second-order valence-corrected chi connectivity index (χ2v) is 3.30. The molecule has 0 aliphatic carbocycles. The maximum atomic E-state index is 5.99. The predicted molar refractivity (Wildman–Crippen MR) is 63.5 cm³/mol. The van der Waals surface area contributed by atoms with E-state index in [1.807, 2.05) is 18.2 Å². The van der Waals surface area contributed by atoms with Gasteiger partial charge < -0.3 is 11.5 Å². The Morgan fingerprint density at radius 3 is 2.29 bits per heavy atom. The summed E-state index contributed by atoms with van der Waals surface area (Å²) in [5.74, 6) is 0. The van der Waals surface area contributed by atoms with Crippen LogP contribution in [0.1, 0.15) is 30.9 Å². The highest BCUT2D eigenvalue weighted by Crippen LogP contribution is 2.15. The van der Waals surface area contributed by atoms with Crippen LogP contribution in [0.25, 0.3) is 0 Å². The maximum Gasteiger partial charge on any atom is 0.0294 e. The van der Waals surface area contributed by atoms with Gasteiger partial charge in [-0.3, -0.25) is 0 Å². The molecule has 0 bridgehead atoms. The van der Waals surface area contributed by atoms with Crippen LogP contribution in [0.15, 0.2) is 30.3 Å². The van der Waals surface area contributed by atoms with E-state index in [1.165, 1.54) is 5.56 Å². The Balaban J connectivity index is 0.00000169. The topological polar surface area (TPSA) is 52.0 Å². The first kappa shape index (κ1) is 13.4. The number of hydrogen-bond acceptors (Lipinski definition) is 2. The lowest BCUT2D eigenvalue weighted by atomic mass is 10.0. The van der Waals surface area contributed by atoms with Gasteiger partial charge in [0.25, 0.3) is 0 Å². The van der Waals surface area contributed by atoms with Gasteiger partial charge >= 0.3 is 0 Å². The molecule has 2 nitrogen and oxygen atoms in total. The zero-order valence-corrected chi connectivity index (χ0v) is 9.17. The highest BCUT2D eigenvalue weighted by Gasteiger charge is 2.03. The molecule has 0 saturated carbocycles. The van der Waals surface area contributed by atoms with Crippen molar-refractivity contribution in [3.63, 3.8) is 0 Å². The molecule has 14 heavy (non-hydrogen) atoms. The molecule has 80 valence electrons. The first-order valence-electron chi connectivity index (χ1n) is 4.85. The quantitative estimate of drug-likeness (QED) is 0.739. The van der Waals surface area contributed by atoms with Crippen molar-refractivity contribution in [3.05, 3.63) is 35.9 Å². The standard InChI is InChI=1S/C11H18N2.ClH/c12-9-5-4-8-11(13)10-6-2-1-3-7-10;/h1-3,6-7,11H,4-5,8-9,12-13H2;1H/t11-;/m1./s1. The third kappa shape index (κ3) is 4.61. The number of benzene rings is 1. The molecular weight excluding hydrogens is 196 g/mol. The Hall–Kier alpha value is -0.570. The van der Waals surface area contributed by atoms with E-state index in [9.17, 15) is 0 Å². The fraction of sp³-hybridized carbons (Fsp3) is 0.455. The van der Waals surface area contributed by atoms with Gasteiger partial charge in [0.2, 0.25) is 0 Å². The molecule has 0 fully saturated rings. The summed E-state index contributed by atoms with van der Waals surface area (Å²) < 4.78 is 0. The van der Waals surface area contributed by atoms with Gasteiger partial charge in [-0.25, -0.2) is 0 Å². The summed E-state index contributed by atoms with van der Waals surface area (Å²) in [6.07, 6.45) is 3.22. The van der Waals surface area contributed by atoms with Crippen molar-refractivity contribution >= 4 is 12.4 Å². The Labute approximate surface area is 92.1 Å². The zero-order chi connectivity index (χ0) is 9.52. The van der Waals surface area contributed by atoms with E-state index in [0.29, 0.717) is 0 Å². The summed E-state index contributed by atoms with van der Waals surface area (Å²) in [5.41, 5.74) is 12.6. The highest BCUT2D eigenvalue weighted by molar-refractivity contribution is 5.85. The van der Waals surface area contributed by atoms with Crippen molar-refractivity contribution < 1.29 is 0 Å². The Morgan fingerprint density at radius 1 is 1.07 bits per heavy atom. The van der Waals surface area contributed by atoms with Crippen molar-refractivity contribution in [2.45, 2.75) is 25.3 Å². The van der Waals surface area contributed by atoms with E-state index in [0.717, 1.165) is 25.8 Å². The molecule has 3 heteroatoms. The van der Waals surface area contributed by atoms with Gasteiger partial charge in [-0.05, 0) is 24.9 Å². The van der Waals surface area contributed by atoms with E-state index in [-0.39, 0.29) is 18.4 Å². The summed E-state index contributed by atoms with van der Waals surface area (Å²) in [5, 5.41) is 0. The van der Waals surface area contributed by atoms with Gasteiger partial charge in [-0.15, -0.1) is 12.4 Å². The Kier molecular flexibility index (Phi) is 7.48. The van der Waals surface area contributed by atoms with E-state index in [1.54, 1.807) is 0 Å². The lowest BCUT2D eigenvalue weighted by Crippen LogP contribution is -2.10. The van der Waals surface area contributed by atoms with Gasteiger partial charge in [-0.2, -0.15) is 0 Å². The van der Waals surface area contributed by atoms with Crippen molar-refractivity contribution in [2.24, 2.45) is 11.5 Å². The maximum absolute atomic E-state index is 5.99. The van der Waals surface area contributed by atoms with Gasteiger partial charge in [0.05, 0.1) is 0 Å². The third-order valence-corrected chi connectivity index (χ3v) is 2.20. The monoisotopic (exact) mass is 214 g/mol. The fourth-order valence-electron chi connectivity index (χ4n) is 1.38. The largest absolute Gasteiger partial charge is 0.330 e. The van der Waals surface area contributed by atoms with Gasteiger partial charge in [0, 0.05) is 6.04 Å². The molecule has 0 heterocycles. The minimum Gasteiger partial charge on any atom is -0.330 e. The SMILES string of the molecule is Cl.NCCCC[C@@H](N)c1ccccc1. The Bertz CT molecular complexity index is 226. The molecule has 1 aromatic rings. The van der Waals surface area contributed by atoms with Crippen LogP contribution in [0.5, 0.6) is 0 Å². The molecule has 0 aliphatic heterocycles. The minimum atomic E-state index is 0. The summed E-state index contributed by atoms with van der Waals surface area (Å²) >= 11 is 0. The van der Waals surface area contributed by atoms with Crippen LogP contribution in [-0.4, -0.2) is 6.54 Å². The minimum absolute atomic E-state index is 0. The molecule has 0 saturated heterocycles. The van der Waals surface area contributed by atoms with Crippen LogP contribution in [0, 0.1) is 0 Å². The zero-order valence-electron chi connectivity index (χ0n) is 8.36. The Morgan fingerprint density at radius 2 is 1.71 bits per heavy atom. The molecule has 0 spiro atoms. The summed E-state index contributed by atoms with van der Waals surface area (Å²) in [4.78, 5) is 0. The lowest BCUT2D eigenvalue weighted by molar-refractivity contribution is 0.591. The van der Waals surface area contributed by atoms with Crippen molar-refractivity contribution in [2.75, 3.05) is 6.54 Å². The van der Waals surface area contributed by atoms with E-state index in [2.05, 4.69) is 12.1 Å². The normalized spacial score (nSPS) is 11.9. The fourth-order valence-corrected chi connectivity index (χ4v) is 1.38. The molecular formula is C11H19ClN2. The van der Waals surface area contributed by atoms with Crippen molar-refractivity contribution in [3.8, 4) is 0 Å². The second kappa shape index (κ2) is 7.80. The number of nitrogens with two attached hydrogens (primary N) is 2.